The molecule has 0 amide bonds. The first-order valence-electron chi connectivity index (χ1n) is 5.72. The summed E-state index contributed by atoms with van der Waals surface area (Å²) in [5, 5.41) is 13.4. The van der Waals surface area contributed by atoms with E-state index in [9.17, 15) is 9.50 Å². The molecule has 0 aliphatic carbocycles. The largest absolute Gasteiger partial charge is 0.506 e. The van der Waals surface area contributed by atoms with Gasteiger partial charge in [-0.05, 0) is 6.07 Å². The highest BCUT2D eigenvalue weighted by Crippen LogP contribution is 2.34. The molecular formula is C12H18Cl3FN2O. The summed E-state index contributed by atoms with van der Waals surface area (Å²) < 4.78 is 13.2. The van der Waals surface area contributed by atoms with E-state index < -0.39 is 12.7 Å². The van der Waals surface area contributed by atoms with Crippen molar-refractivity contribution in [3.05, 3.63) is 28.8 Å². The Hall–Kier alpha value is -0.260. The van der Waals surface area contributed by atoms with Crippen molar-refractivity contribution in [3.63, 3.8) is 0 Å². The number of hydrogen-bond donors (Lipinski definition) is 2. The predicted octanol–water partition coefficient (Wildman–Crippen LogP) is 2.81. The first-order valence-corrected chi connectivity index (χ1v) is 6.10. The van der Waals surface area contributed by atoms with E-state index in [1.807, 2.05) is 4.90 Å². The second-order valence-electron chi connectivity index (χ2n) is 4.13. The Morgan fingerprint density at radius 3 is 2.53 bits per heavy atom. The lowest BCUT2D eigenvalue weighted by Gasteiger charge is -2.33. The minimum atomic E-state index is -0.520. The van der Waals surface area contributed by atoms with Gasteiger partial charge in [0.15, 0.2) is 0 Å². The Balaban J connectivity index is 0.00000162. The van der Waals surface area contributed by atoms with E-state index in [2.05, 4.69) is 5.32 Å². The summed E-state index contributed by atoms with van der Waals surface area (Å²) in [7, 11) is 0. The number of benzene rings is 1. The summed E-state index contributed by atoms with van der Waals surface area (Å²) in [5.74, 6) is -0.00431. The highest BCUT2D eigenvalue weighted by molar-refractivity contribution is 6.32. The van der Waals surface area contributed by atoms with Crippen LogP contribution in [0.4, 0.5) is 4.39 Å². The van der Waals surface area contributed by atoms with Crippen LogP contribution in [0.5, 0.6) is 5.75 Å². The van der Waals surface area contributed by atoms with Crippen LogP contribution >= 0.6 is 36.4 Å². The fourth-order valence-electron chi connectivity index (χ4n) is 2.17. The lowest BCUT2D eigenvalue weighted by Crippen LogP contribution is -2.45. The first kappa shape index (κ1) is 18.7. The van der Waals surface area contributed by atoms with Crippen LogP contribution in [-0.4, -0.2) is 42.9 Å². The molecule has 0 spiro atoms. The van der Waals surface area contributed by atoms with Gasteiger partial charge in [-0.2, -0.15) is 0 Å². The monoisotopic (exact) mass is 330 g/mol. The van der Waals surface area contributed by atoms with Gasteiger partial charge in [0.05, 0.1) is 11.1 Å². The van der Waals surface area contributed by atoms with Gasteiger partial charge in [-0.3, -0.25) is 4.90 Å². The third-order valence-corrected chi connectivity index (χ3v) is 3.42. The third-order valence-electron chi connectivity index (χ3n) is 3.12. The molecule has 7 heteroatoms. The normalized spacial score (nSPS) is 17.2. The molecule has 2 rings (SSSR count). The third kappa shape index (κ3) is 4.36. The van der Waals surface area contributed by atoms with Crippen LogP contribution in [0.3, 0.4) is 0 Å². The second kappa shape index (κ2) is 8.82. The standard InChI is InChI=1S/C12H16ClFN2O.2ClH/c13-10-3-1-2-9(12(10)17)11(8-14)16-6-4-15-5-7-16;;/h1-3,11,15,17H,4-8H2;2*1H/t11-;;/m0../s1. The van der Waals surface area contributed by atoms with Crippen LogP contribution in [0.2, 0.25) is 5.02 Å². The van der Waals surface area contributed by atoms with E-state index >= 15 is 0 Å². The predicted molar refractivity (Wildman–Crippen MR) is 80.8 cm³/mol. The van der Waals surface area contributed by atoms with Crippen molar-refractivity contribution in [2.45, 2.75) is 6.04 Å². The maximum absolute atomic E-state index is 13.2. The number of halogens is 4. The molecule has 0 bridgehead atoms. The van der Waals surface area contributed by atoms with Crippen molar-refractivity contribution in [3.8, 4) is 5.75 Å². The molecule has 1 aromatic rings. The van der Waals surface area contributed by atoms with E-state index in [0.717, 1.165) is 26.2 Å². The summed E-state index contributed by atoms with van der Waals surface area (Å²) in [6.07, 6.45) is 0. The van der Waals surface area contributed by atoms with Crippen molar-refractivity contribution in [1.29, 1.82) is 0 Å². The van der Waals surface area contributed by atoms with Crippen LogP contribution in [0.15, 0.2) is 18.2 Å². The highest BCUT2D eigenvalue weighted by atomic mass is 35.5. The summed E-state index contributed by atoms with van der Waals surface area (Å²) in [4.78, 5) is 2.03. The Labute approximate surface area is 129 Å². The molecule has 19 heavy (non-hydrogen) atoms. The van der Waals surface area contributed by atoms with Crippen molar-refractivity contribution >= 4 is 36.4 Å². The van der Waals surface area contributed by atoms with Crippen molar-refractivity contribution in [2.75, 3.05) is 32.9 Å². The number of phenols is 1. The summed E-state index contributed by atoms with van der Waals surface area (Å²) in [6.45, 7) is 2.73. The van der Waals surface area contributed by atoms with Gasteiger partial charge in [0, 0.05) is 31.7 Å². The highest BCUT2D eigenvalue weighted by Gasteiger charge is 2.24. The molecule has 1 saturated heterocycles. The molecule has 1 atom stereocenters. The second-order valence-corrected chi connectivity index (χ2v) is 4.54. The number of rotatable bonds is 3. The SMILES string of the molecule is Cl.Cl.Oc1c(Cl)cccc1[C@H](CF)N1CCNCC1. The number of hydrogen-bond acceptors (Lipinski definition) is 3. The minimum absolute atomic E-state index is 0. The minimum Gasteiger partial charge on any atom is -0.506 e. The molecule has 110 valence electrons. The van der Waals surface area contributed by atoms with Gasteiger partial charge < -0.3 is 10.4 Å². The Kier molecular flexibility index (Phi) is 8.70. The quantitative estimate of drug-likeness (QED) is 0.894. The zero-order chi connectivity index (χ0) is 12.3. The molecular weight excluding hydrogens is 314 g/mol. The smallest absolute Gasteiger partial charge is 0.139 e. The Morgan fingerprint density at radius 1 is 1.32 bits per heavy atom. The van der Waals surface area contributed by atoms with Crippen molar-refractivity contribution in [1.82, 2.24) is 10.2 Å². The Bertz CT molecular complexity index is 389. The van der Waals surface area contributed by atoms with Gasteiger partial charge >= 0.3 is 0 Å². The van der Waals surface area contributed by atoms with Crippen LogP contribution in [0, 0.1) is 0 Å². The number of phenolic OH excluding ortho intramolecular Hbond substituents is 1. The molecule has 1 aromatic carbocycles. The van der Waals surface area contributed by atoms with Crippen LogP contribution < -0.4 is 5.32 Å². The fourth-order valence-corrected chi connectivity index (χ4v) is 2.35. The van der Waals surface area contributed by atoms with Crippen LogP contribution in [0.1, 0.15) is 11.6 Å². The fraction of sp³-hybridized carbons (Fsp3) is 0.500. The lowest BCUT2D eigenvalue weighted by molar-refractivity contribution is 0.145. The average molecular weight is 332 g/mol. The van der Waals surface area contributed by atoms with Gasteiger partial charge in [-0.15, -0.1) is 24.8 Å². The molecule has 0 unspecified atom stereocenters. The zero-order valence-electron chi connectivity index (χ0n) is 10.3. The van der Waals surface area contributed by atoms with E-state index in [-0.39, 0.29) is 35.6 Å². The summed E-state index contributed by atoms with van der Waals surface area (Å²) >= 11 is 5.85. The van der Waals surface area contributed by atoms with Gasteiger partial charge in [0.25, 0.3) is 0 Å². The molecule has 1 aliphatic rings. The number of para-hydroxylation sites is 1. The molecule has 0 radical (unpaired) electrons. The number of aromatic hydroxyl groups is 1. The van der Waals surface area contributed by atoms with Crippen molar-refractivity contribution < 1.29 is 9.50 Å². The number of alkyl halides is 1. The van der Waals surface area contributed by atoms with E-state index in [0.29, 0.717) is 5.56 Å². The van der Waals surface area contributed by atoms with Crippen LogP contribution in [-0.2, 0) is 0 Å². The number of piperazine rings is 1. The molecule has 1 fully saturated rings. The van der Waals surface area contributed by atoms with Crippen molar-refractivity contribution in [2.24, 2.45) is 0 Å². The Morgan fingerprint density at radius 2 is 1.95 bits per heavy atom. The molecule has 3 nitrogen and oxygen atoms in total. The van der Waals surface area contributed by atoms with E-state index in [1.165, 1.54) is 0 Å². The van der Waals surface area contributed by atoms with Gasteiger partial charge in [-0.25, -0.2) is 4.39 Å². The molecule has 1 aliphatic heterocycles. The summed E-state index contributed by atoms with van der Waals surface area (Å²) in [6, 6.07) is 4.67. The van der Waals surface area contributed by atoms with Gasteiger partial charge in [0.2, 0.25) is 0 Å². The van der Waals surface area contributed by atoms with E-state index in [1.54, 1.807) is 18.2 Å². The summed E-state index contributed by atoms with van der Waals surface area (Å²) in [5.41, 5.74) is 0.571. The molecule has 0 saturated carbocycles. The van der Waals surface area contributed by atoms with Gasteiger partial charge in [-0.1, -0.05) is 23.7 Å². The number of nitrogens with zero attached hydrogens (tertiary/aromatic N) is 1. The zero-order valence-corrected chi connectivity index (χ0v) is 12.7. The lowest BCUT2D eigenvalue weighted by atomic mass is 10.0. The maximum atomic E-state index is 13.2. The maximum Gasteiger partial charge on any atom is 0.139 e. The van der Waals surface area contributed by atoms with E-state index in [4.69, 9.17) is 11.6 Å². The first-order chi connectivity index (χ1) is 8.24. The topological polar surface area (TPSA) is 35.5 Å². The molecule has 2 N–H and O–H groups in total. The average Bonchev–Trinajstić information content (AvgIpc) is 2.37. The van der Waals surface area contributed by atoms with Gasteiger partial charge in [0.1, 0.15) is 12.4 Å². The molecule has 1 heterocycles. The van der Waals surface area contributed by atoms with Crippen LogP contribution in [0.25, 0.3) is 0 Å². The molecule has 0 aromatic heterocycles. The number of nitrogens with one attached hydrogen (secondary N) is 1.